The topological polar surface area (TPSA) is 12.9 Å². The van der Waals surface area contributed by atoms with Crippen LogP contribution in [0.25, 0.3) is 11.3 Å². The predicted octanol–water partition coefficient (Wildman–Crippen LogP) is 6.14. The van der Waals surface area contributed by atoms with E-state index in [0.29, 0.717) is 15.7 Å². The molecule has 0 aliphatic rings. The van der Waals surface area contributed by atoms with E-state index in [1.165, 1.54) is 10.5 Å². The minimum Gasteiger partial charge on any atom is -0.256 e. The average molecular weight is 316 g/mol. The number of aromatic nitrogens is 1. The van der Waals surface area contributed by atoms with Gasteiger partial charge in [-0.15, -0.1) is 0 Å². The summed E-state index contributed by atoms with van der Waals surface area (Å²) in [6.07, 6.45) is 1.86. The van der Waals surface area contributed by atoms with E-state index in [-0.39, 0.29) is 0 Å². The SMILES string of the molecule is CC(C)S(c1ccc(-c2ccccn2)cc1)(C(C)C)C(C)C. The Morgan fingerprint density at radius 1 is 0.727 bits per heavy atom. The predicted molar refractivity (Wildman–Crippen MR) is 101 cm³/mol. The Morgan fingerprint density at radius 2 is 1.27 bits per heavy atom. The molecule has 1 aromatic heterocycles. The molecule has 120 valence electrons. The highest BCUT2D eigenvalue weighted by atomic mass is 32.3. The van der Waals surface area contributed by atoms with Gasteiger partial charge in [0.15, 0.2) is 0 Å². The summed E-state index contributed by atoms with van der Waals surface area (Å²) in [6, 6.07) is 15.3. The summed E-state index contributed by atoms with van der Waals surface area (Å²) in [7, 11) is -0.844. The van der Waals surface area contributed by atoms with Crippen LogP contribution in [0.15, 0.2) is 53.6 Å². The van der Waals surface area contributed by atoms with Gasteiger partial charge in [-0.1, -0.05) is 59.7 Å². The molecule has 0 spiro atoms. The van der Waals surface area contributed by atoms with Crippen LogP contribution in [0.5, 0.6) is 0 Å². The van der Waals surface area contributed by atoms with Crippen molar-refractivity contribution in [1.29, 1.82) is 0 Å². The Hall–Kier alpha value is -1.28. The molecule has 22 heavy (non-hydrogen) atoms. The second-order valence-corrected chi connectivity index (χ2v) is 11.5. The van der Waals surface area contributed by atoms with Crippen LogP contribution in [0.4, 0.5) is 0 Å². The van der Waals surface area contributed by atoms with Gasteiger partial charge in [-0.05, 0) is 44.9 Å². The van der Waals surface area contributed by atoms with E-state index in [1.54, 1.807) is 0 Å². The fraction of sp³-hybridized carbons (Fsp3) is 0.450. The molecule has 0 bridgehead atoms. The Balaban J connectivity index is 2.47. The first-order valence-corrected chi connectivity index (χ1v) is 10.0. The lowest BCUT2D eigenvalue weighted by molar-refractivity contribution is 0.935. The molecule has 0 aliphatic heterocycles. The molecule has 0 saturated heterocycles. The molecule has 0 aliphatic carbocycles. The molecule has 2 rings (SSSR count). The number of pyridine rings is 1. The fourth-order valence-corrected chi connectivity index (χ4v) is 9.35. The molecule has 0 radical (unpaired) electrons. The normalized spacial score (nSPS) is 13.1. The van der Waals surface area contributed by atoms with Crippen molar-refractivity contribution in [1.82, 2.24) is 4.98 Å². The summed E-state index contributed by atoms with van der Waals surface area (Å²) in [5.41, 5.74) is 2.25. The lowest BCUT2D eigenvalue weighted by atomic mass is 10.1. The maximum atomic E-state index is 4.45. The highest BCUT2D eigenvalue weighted by molar-refractivity contribution is 8.35. The standard InChI is InChI=1S/C20H29NS/c1-15(2)22(16(3)4,17(5)6)19-12-10-18(11-13-19)20-9-7-8-14-21-20/h7-17H,1-6H3. The average Bonchev–Trinajstić information content (AvgIpc) is 2.48. The Morgan fingerprint density at radius 3 is 1.68 bits per heavy atom. The maximum absolute atomic E-state index is 4.45. The first-order valence-electron chi connectivity index (χ1n) is 8.22. The molecule has 1 heterocycles. The van der Waals surface area contributed by atoms with E-state index < -0.39 is 10.0 Å². The number of hydrogen-bond donors (Lipinski definition) is 0. The van der Waals surface area contributed by atoms with Crippen LogP contribution >= 0.6 is 10.0 Å². The second kappa shape index (κ2) is 6.87. The van der Waals surface area contributed by atoms with Crippen molar-refractivity contribution in [3.8, 4) is 11.3 Å². The monoisotopic (exact) mass is 315 g/mol. The molecule has 0 fully saturated rings. The van der Waals surface area contributed by atoms with E-state index in [1.807, 2.05) is 18.3 Å². The summed E-state index contributed by atoms with van der Waals surface area (Å²) in [6.45, 7) is 14.3. The zero-order valence-electron chi connectivity index (χ0n) is 14.7. The minimum atomic E-state index is -0.844. The molecular weight excluding hydrogens is 286 g/mol. The molecule has 0 saturated carbocycles. The number of hydrogen-bond acceptors (Lipinski definition) is 1. The summed E-state index contributed by atoms with van der Waals surface area (Å²) in [4.78, 5) is 5.99. The van der Waals surface area contributed by atoms with Gasteiger partial charge in [-0.25, -0.2) is 10.0 Å². The van der Waals surface area contributed by atoms with Crippen LogP contribution in [0, 0.1) is 0 Å². The molecule has 2 heteroatoms. The highest BCUT2D eigenvalue weighted by Crippen LogP contribution is 2.66. The maximum Gasteiger partial charge on any atom is 0.0701 e. The fourth-order valence-electron chi connectivity index (χ4n) is 3.84. The van der Waals surface area contributed by atoms with Crippen molar-refractivity contribution in [3.05, 3.63) is 48.7 Å². The quantitative estimate of drug-likeness (QED) is 0.646. The van der Waals surface area contributed by atoms with E-state index in [2.05, 4.69) is 76.9 Å². The van der Waals surface area contributed by atoms with Crippen molar-refractivity contribution in [2.45, 2.75) is 62.2 Å². The van der Waals surface area contributed by atoms with Crippen molar-refractivity contribution in [2.75, 3.05) is 0 Å². The molecular formula is C20H29NS. The zero-order chi connectivity index (χ0) is 16.3. The highest BCUT2D eigenvalue weighted by Gasteiger charge is 2.36. The van der Waals surface area contributed by atoms with Crippen LogP contribution in [0.2, 0.25) is 0 Å². The Labute approximate surface area is 137 Å². The molecule has 1 aromatic carbocycles. The summed E-state index contributed by atoms with van der Waals surface area (Å²) >= 11 is 0. The number of rotatable bonds is 5. The van der Waals surface area contributed by atoms with Gasteiger partial charge in [-0.2, -0.15) is 0 Å². The van der Waals surface area contributed by atoms with Gasteiger partial charge in [0.2, 0.25) is 0 Å². The lowest BCUT2D eigenvalue weighted by Gasteiger charge is -2.51. The Kier molecular flexibility index (Phi) is 5.33. The smallest absolute Gasteiger partial charge is 0.0701 e. The minimum absolute atomic E-state index is 0.688. The first kappa shape index (κ1) is 17.1. The molecule has 2 aromatic rings. The third kappa shape index (κ3) is 2.94. The van der Waals surface area contributed by atoms with Gasteiger partial charge in [-0.3, -0.25) is 4.98 Å². The van der Waals surface area contributed by atoms with Crippen LogP contribution in [-0.2, 0) is 0 Å². The van der Waals surface area contributed by atoms with E-state index in [9.17, 15) is 0 Å². The van der Waals surface area contributed by atoms with Crippen molar-refractivity contribution in [3.63, 3.8) is 0 Å². The van der Waals surface area contributed by atoms with Gasteiger partial charge < -0.3 is 0 Å². The number of nitrogens with zero attached hydrogens (tertiary/aromatic N) is 1. The molecule has 0 N–H and O–H groups in total. The van der Waals surface area contributed by atoms with E-state index in [4.69, 9.17) is 0 Å². The van der Waals surface area contributed by atoms with E-state index in [0.717, 1.165) is 5.69 Å². The van der Waals surface area contributed by atoms with Crippen LogP contribution < -0.4 is 0 Å². The van der Waals surface area contributed by atoms with Gasteiger partial charge in [0.05, 0.1) is 5.69 Å². The second-order valence-electron chi connectivity index (χ2n) is 6.65. The molecule has 0 amide bonds. The first-order chi connectivity index (χ1) is 10.4. The van der Waals surface area contributed by atoms with Gasteiger partial charge in [0, 0.05) is 11.8 Å². The van der Waals surface area contributed by atoms with Gasteiger partial charge in [0.25, 0.3) is 0 Å². The van der Waals surface area contributed by atoms with Crippen LogP contribution in [0.3, 0.4) is 0 Å². The van der Waals surface area contributed by atoms with Crippen molar-refractivity contribution in [2.24, 2.45) is 0 Å². The van der Waals surface area contributed by atoms with Crippen molar-refractivity contribution < 1.29 is 0 Å². The molecule has 0 unspecified atom stereocenters. The summed E-state index contributed by atoms with van der Waals surface area (Å²) in [5, 5.41) is 2.06. The van der Waals surface area contributed by atoms with Crippen molar-refractivity contribution >= 4 is 10.0 Å². The summed E-state index contributed by atoms with van der Waals surface area (Å²) in [5.74, 6) is 0. The molecule has 1 nitrogen and oxygen atoms in total. The Bertz CT molecular complexity index is 563. The third-order valence-electron chi connectivity index (χ3n) is 4.56. The third-order valence-corrected chi connectivity index (χ3v) is 10.3. The zero-order valence-corrected chi connectivity index (χ0v) is 15.5. The summed E-state index contributed by atoms with van der Waals surface area (Å²) < 4.78 is 0. The van der Waals surface area contributed by atoms with Gasteiger partial charge >= 0.3 is 0 Å². The van der Waals surface area contributed by atoms with Gasteiger partial charge in [0.1, 0.15) is 0 Å². The largest absolute Gasteiger partial charge is 0.256 e. The van der Waals surface area contributed by atoms with Crippen LogP contribution in [0.1, 0.15) is 41.5 Å². The van der Waals surface area contributed by atoms with E-state index >= 15 is 0 Å². The number of benzene rings is 1. The van der Waals surface area contributed by atoms with Crippen LogP contribution in [-0.4, -0.2) is 20.7 Å². The lowest BCUT2D eigenvalue weighted by Crippen LogP contribution is -2.28. The molecule has 0 atom stereocenters.